The van der Waals surface area contributed by atoms with Crippen LogP contribution in [0.15, 0.2) is 24.3 Å². The van der Waals surface area contributed by atoms with E-state index in [1.54, 1.807) is 29.2 Å². The van der Waals surface area contributed by atoms with Gasteiger partial charge in [-0.1, -0.05) is 6.07 Å². The van der Waals surface area contributed by atoms with Crippen LogP contribution >= 0.6 is 0 Å². The van der Waals surface area contributed by atoms with Gasteiger partial charge in [0.05, 0.1) is 0 Å². The second kappa shape index (κ2) is 7.08. The van der Waals surface area contributed by atoms with Gasteiger partial charge in [0.2, 0.25) is 5.91 Å². The van der Waals surface area contributed by atoms with E-state index >= 15 is 0 Å². The van der Waals surface area contributed by atoms with E-state index in [-0.39, 0.29) is 24.5 Å². The highest BCUT2D eigenvalue weighted by Gasteiger charge is 2.23. The summed E-state index contributed by atoms with van der Waals surface area (Å²) in [5.74, 6) is 0.00973. The van der Waals surface area contributed by atoms with E-state index < -0.39 is 0 Å². The fraction of sp³-hybridized carbons (Fsp3) is 0.467. The van der Waals surface area contributed by atoms with Gasteiger partial charge in [0.15, 0.2) is 0 Å². The highest BCUT2D eigenvalue weighted by molar-refractivity contribution is 5.92. The Labute approximate surface area is 124 Å². The number of aliphatic hydroxyl groups is 1. The quantitative estimate of drug-likeness (QED) is 0.795. The lowest BCUT2D eigenvalue weighted by Gasteiger charge is -2.31. The number of likely N-dealkylation sites (tertiary alicyclic amines) is 1. The van der Waals surface area contributed by atoms with Crippen LogP contribution in [-0.2, 0) is 4.79 Å². The third-order valence-electron chi connectivity index (χ3n) is 3.50. The van der Waals surface area contributed by atoms with E-state index in [2.05, 4.69) is 10.6 Å². The van der Waals surface area contributed by atoms with Crippen molar-refractivity contribution in [3.05, 3.63) is 24.3 Å². The highest BCUT2D eigenvalue weighted by Crippen LogP contribution is 2.19. The van der Waals surface area contributed by atoms with E-state index in [1.807, 2.05) is 0 Å². The number of urea groups is 1. The fourth-order valence-corrected chi connectivity index (χ4v) is 2.48. The van der Waals surface area contributed by atoms with Crippen molar-refractivity contribution >= 4 is 23.3 Å². The van der Waals surface area contributed by atoms with Gasteiger partial charge in [-0.15, -0.1) is 0 Å². The minimum absolute atomic E-state index is 0.113. The second-order valence-corrected chi connectivity index (χ2v) is 5.33. The molecule has 1 aromatic rings. The molecular formula is C15H21N3O3. The van der Waals surface area contributed by atoms with Crippen LogP contribution < -0.4 is 10.6 Å². The molecule has 1 atom stereocenters. The first-order chi connectivity index (χ1) is 10.1. The number of carbonyl (C=O) groups excluding carboxylic acids is 2. The number of amides is 3. The van der Waals surface area contributed by atoms with Crippen molar-refractivity contribution in [1.29, 1.82) is 0 Å². The monoisotopic (exact) mass is 291 g/mol. The third-order valence-corrected chi connectivity index (χ3v) is 3.50. The van der Waals surface area contributed by atoms with Crippen molar-refractivity contribution in [2.24, 2.45) is 5.92 Å². The summed E-state index contributed by atoms with van der Waals surface area (Å²) < 4.78 is 0. The zero-order valence-electron chi connectivity index (χ0n) is 12.1. The van der Waals surface area contributed by atoms with Crippen LogP contribution in [0.4, 0.5) is 16.2 Å². The number of hydrogen-bond donors (Lipinski definition) is 3. The molecule has 21 heavy (non-hydrogen) atoms. The summed E-state index contributed by atoms with van der Waals surface area (Å²) in [6.07, 6.45) is 1.86. The number of nitrogens with one attached hydrogen (secondary N) is 2. The molecule has 1 aliphatic heterocycles. The lowest BCUT2D eigenvalue weighted by Crippen LogP contribution is -2.43. The number of nitrogens with zero attached hydrogens (tertiary/aromatic N) is 1. The molecule has 0 spiro atoms. The van der Waals surface area contributed by atoms with Crippen LogP contribution in [0.3, 0.4) is 0 Å². The first kappa shape index (κ1) is 15.3. The molecule has 114 valence electrons. The first-order valence-electron chi connectivity index (χ1n) is 7.13. The Balaban J connectivity index is 1.97. The van der Waals surface area contributed by atoms with Gasteiger partial charge in [-0.3, -0.25) is 4.79 Å². The number of carbonyl (C=O) groups is 2. The van der Waals surface area contributed by atoms with Crippen LogP contribution in [0.1, 0.15) is 19.8 Å². The Morgan fingerprint density at radius 1 is 1.33 bits per heavy atom. The molecule has 6 nitrogen and oxygen atoms in total. The van der Waals surface area contributed by atoms with Crippen molar-refractivity contribution in [1.82, 2.24) is 4.90 Å². The largest absolute Gasteiger partial charge is 0.396 e. The summed E-state index contributed by atoms with van der Waals surface area (Å²) in [5.41, 5.74) is 1.28. The molecule has 2 rings (SSSR count). The van der Waals surface area contributed by atoms with Crippen molar-refractivity contribution in [3.8, 4) is 0 Å². The Hall–Kier alpha value is -2.08. The summed E-state index contributed by atoms with van der Waals surface area (Å²) in [5, 5.41) is 14.7. The SMILES string of the molecule is CC(=O)Nc1cccc(NC(=O)N2CCCC(CO)C2)c1. The first-order valence-corrected chi connectivity index (χ1v) is 7.13. The number of anilines is 2. The topological polar surface area (TPSA) is 81.7 Å². The van der Waals surface area contributed by atoms with Crippen LogP contribution in [0.25, 0.3) is 0 Å². The zero-order valence-corrected chi connectivity index (χ0v) is 12.1. The number of benzene rings is 1. The maximum absolute atomic E-state index is 12.2. The summed E-state index contributed by atoms with van der Waals surface area (Å²) in [7, 11) is 0. The maximum atomic E-state index is 12.2. The molecule has 1 saturated heterocycles. The average molecular weight is 291 g/mol. The summed E-state index contributed by atoms with van der Waals surface area (Å²) in [6.45, 7) is 2.83. The predicted octanol–water partition coefficient (Wildman–Crippen LogP) is 1.88. The van der Waals surface area contributed by atoms with Crippen molar-refractivity contribution in [3.63, 3.8) is 0 Å². The average Bonchev–Trinajstić information content (AvgIpc) is 2.47. The highest BCUT2D eigenvalue weighted by atomic mass is 16.3. The summed E-state index contributed by atoms with van der Waals surface area (Å²) in [4.78, 5) is 25.0. The lowest BCUT2D eigenvalue weighted by molar-refractivity contribution is -0.114. The van der Waals surface area contributed by atoms with Crippen molar-refractivity contribution in [2.45, 2.75) is 19.8 Å². The van der Waals surface area contributed by atoms with E-state index in [0.29, 0.717) is 24.5 Å². The Bertz CT molecular complexity index is 519. The van der Waals surface area contributed by atoms with Gasteiger partial charge in [0, 0.05) is 38.0 Å². The maximum Gasteiger partial charge on any atom is 0.321 e. The zero-order chi connectivity index (χ0) is 15.2. The third kappa shape index (κ3) is 4.46. The molecule has 1 aliphatic rings. The number of rotatable bonds is 3. The molecule has 1 unspecified atom stereocenters. The molecule has 0 aliphatic carbocycles. The number of hydrogen-bond acceptors (Lipinski definition) is 3. The van der Waals surface area contributed by atoms with Crippen molar-refractivity contribution < 1.29 is 14.7 Å². The summed E-state index contributed by atoms with van der Waals surface area (Å²) in [6, 6.07) is 6.85. The number of aliphatic hydroxyl groups excluding tert-OH is 1. The van der Waals surface area contributed by atoms with Gasteiger partial charge in [0.1, 0.15) is 0 Å². The molecule has 3 N–H and O–H groups in total. The standard InChI is InChI=1S/C15H21N3O3/c1-11(20)16-13-5-2-6-14(8-13)17-15(21)18-7-3-4-12(9-18)10-19/h2,5-6,8,12,19H,3-4,7,9-10H2,1H3,(H,16,20)(H,17,21). The molecule has 3 amide bonds. The smallest absolute Gasteiger partial charge is 0.321 e. The van der Waals surface area contributed by atoms with Crippen LogP contribution in [0, 0.1) is 5.92 Å². The van der Waals surface area contributed by atoms with Crippen molar-refractivity contribution in [2.75, 3.05) is 30.3 Å². The van der Waals surface area contributed by atoms with Gasteiger partial charge in [-0.05, 0) is 37.0 Å². The molecule has 6 heteroatoms. The minimum atomic E-state index is -0.173. The second-order valence-electron chi connectivity index (χ2n) is 5.33. The Morgan fingerprint density at radius 2 is 2.05 bits per heavy atom. The van der Waals surface area contributed by atoms with Gasteiger partial charge in [-0.25, -0.2) is 4.79 Å². The van der Waals surface area contributed by atoms with E-state index in [1.165, 1.54) is 6.92 Å². The molecule has 1 aromatic carbocycles. The van der Waals surface area contributed by atoms with E-state index in [9.17, 15) is 14.7 Å². The Kier molecular flexibility index (Phi) is 5.16. The lowest BCUT2D eigenvalue weighted by atomic mass is 9.99. The summed E-state index contributed by atoms with van der Waals surface area (Å²) >= 11 is 0. The van der Waals surface area contributed by atoms with E-state index in [4.69, 9.17) is 0 Å². The molecule has 0 saturated carbocycles. The van der Waals surface area contributed by atoms with Crippen LogP contribution in [-0.4, -0.2) is 41.6 Å². The van der Waals surface area contributed by atoms with Gasteiger partial charge in [0.25, 0.3) is 0 Å². The Morgan fingerprint density at radius 3 is 2.71 bits per heavy atom. The molecule has 0 radical (unpaired) electrons. The van der Waals surface area contributed by atoms with Crippen LogP contribution in [0.2, 0.25) is 0 Å². The van der Waals surface area contributed by atoms with E-state index in [0.717, 1.165) is 12.8 Å². The minimum Gasteiger partial charge on any atom is -0.396 e. The number of piperidine rings is 1. The molecule has 1 fully saturated rings. The molecular weight excluding hydrogens is 270 g/mol. The molecule has 0 bridgehead atoms. The van der Waals surface area contributed by atoms with Gasteiger partial charge >= 0.3 is 6.03 Å². The van der Waals surface area contributed by atoms with Gasteiger partial charge < -0.3 is 20.6 Å². The normalized spacial score (nSPS) is 18.2. The predicted molar refractivity (Wildman–Crippen MR) is 81.1 cm³/mol. The van der Waals surface area contributed by atoms with Gasteiger partial charge in [-0.2, -0.15) is 0 Å². The van der Waals surface area contributed by atoms with Crippen LogP contribution in [0.5, 0.6) is 0 Å². The molecule has 1 heterocycles. The molecule has 0 aromatic heterocycles. The fourth-order valence-electron chi connectivity index (χ4n) is 2.48.